The van der Waals surface area contributed by atoms with Gasteiger partial charge >= 0.3 is 0 Å². The van der Waals surface area contributed by atoms with E-state index < -0.39 is 0 Å². The number of nitrogens with one attached hydrogen (secondary N) is 2. The van der Waals surface area contributed by atoms with Gasteiger partial charge in [0.2, 0.25) is 5.91 Å². The van der Waals surface area contributed by atoms with Crippen molar-refractivity contribution in [2.75, 3.05) is 17.2 Å². The summed E-state index contributed by atoms with van der Waals surface area (Å²) in [6.45, 7) is 6.54. The van der Waals surface area contributed by atoms with E-state index in [1.807, 2.05) is 37.3 Å². The molecule has 0 spiro atoms. The average molecular weight is 361 g/mol. The first-order valence-electron chi connectivity index (χ1n) is 7.35. The van der Waals surface area contributed by atoms with Crippen LogP contribution in [0.25, 0.3) is 0 Å². The summed E-state index contributed by atoms with van der Waals surface area (Å²) in [6.07, 6.45) is 0. The summed E-state index contributed by atoms with van der Waals surface area (Å²) < 4.78 is 1.01. The van der Waals surface area contributed by atoms with Crippen LogP contribution in [0.3, 0.4) is 0 Å². The normalized spacial score (nSPS) is 10.6. The number of carbonyl (C=O) groups excluding carboxylic acids is 1. The summed E-state index contributed by atoms with van der Waals surface area (Å²) in [5, 5.41) is 6.06. The van der Waals surface area contributed by atoms with Gasteiger partial charge in [0.15, 0.2) is 0 Å². The Morgan fingerprint density at radius 2 is 1.82 bits per heavy atom. The van der Waals surface area contributed by atoms with Gasteiger partial charge in [-0.1, -0.05) is 41.9 Å². The lowest BCUT2D eigenvalue weighted by molar-refractivity contribution is -0.114. The first-order chi connectivity index (χ1) is 10.5. The van der Waals surface area contributed by atoms with Crippen LogP contribution in [0.2, 0.25) is 0 Å². The number of halogens is 1. The number of aryl methyl sites for hydroxylation is 1. The maximum absolute atomic E-state index is 12.0. The third-order valence-corrected chi connectivity index (χ3v) is 3.99. The fraction of sp³-hybridized carbons (Fsp3) is 0.278. The standard InChI is InChI=1S/C18H21BrN2O/c1-12(2)14-4-7-16(8-5-14)20-11-18(22)21-17-9-6-15(19)10-13(17)3/h4-10,12,20H,11H2,1-3H3,(H,21,22). The number of rotatable bonds is 5. The SMILES string of the molecule is Cc1cc(Br)ccc1NC(=O)CNc1ccc(C(C)C)cc1. The lowest BCUT2D eigenvalue weighted by Crippen LogP contribution is -2.22. The third kappa shape index (κ3) is 4.60. The lowest BCUT2D eigenvalue weighted by Gasteiger charge is -2.11. The van der Waals surface area contributed by atoms with E-state index in [0.29, 0.717) is 5.92 Å². The molecular formula is C18H21BrN2O. The van der Waals surface area contributed by atoms with Crippen LogP contribution in [-0.4, -0.2) is 12.5 Å². The van der Waals surface area contributed by atoms with E-state index in [2.05, 4.69) is 52.5 Å². The molecule has 0 aliphatic carbocycles. The van der Waals surface area contributed by atoms with Gasteiger partial charge in [-0.2, -0.15) is 0 Å². The molecule has 0 heterocycles. The number of hydrogen-bond donors (Lipinski definition) is 2. The molecule has 1 amide bonds. The van der Waals surface area contributed by atoms with Crippen molar-refractivity contribution in [3.8, 4) is 0 Å². The van der Waals surface area contributed by atoms with E-state index >= 15 is 0 Å². The Labute approximate surface area is 140 Å². The summed E-state index contributed by atoms with van der Waals surface area (Å²) in [6, 6.07) is 14.0. The lowest BCUT2D eigenvalue weighted by atomic mass is 10.0. The van der Waals surface area contributed by atoms with Gasteiger partial charge in [0.05, 0.1) is 6.54 Å². The van der Waals surface area contributed by atoms with Crippen molar-refractivity contribution in [1.29, 1.82) is 0 Å². The summed E-state index contributed by atoms with van der Waals surface area (Å²) in [5.74, 6) is 0.455. The molecule has 0 bridgehead atoms. The largest absolute Gasteiger partial charge is 0.376 e. The molecule has 0 saturated carbocycles. The number of carbonyl (C=O) groups is 1. The minimum absolute atomic E-state index is 0.0571. The first kappa shape index (κ1) is 16.6. The highest BCUT2D eigenvalue weighted by Gasteiger charge is 2.05. The van der Waals surface area contributed by atoms with E-state index in [1.165, 1.54) is 5.56 Å². The highest BCUT2D eigenvalue weighted by molar-refractivity contribution is 9.10. The molecule has 2 N–H and O–H groups in total. The summed E-state index contributed by atoms with van der Waals surface area (Å²) in [7, 11) is 0. The maximum atomic E-state index is 12.0. The van der Waals surface area contributed by atoms with Crippen LogP contribution in [0.4, 0.5) is 11.4 Å². The Balaban J connectivity index is 1.89. The molecule has 3 nitrogen and oxygen atoms in total. The van der Waals surface area contributed by atoms with Gasteiger partial charge < -0.3 is 10.6 Å². The van der Waals surface area contributed by atoms with Crippen molar-refractivity contribution in [2.24, 2.45) is 0 Å². The van der Waals surface area contributed by atoms with Gasteiger partial charge in [-0.3, -0.25) is 4.79 Å². The molecule has 0 radical (unpaired) electrons. The van der Waals surface area contributed by atoms with Crippen LogP contribution in [0.1, 0.15) is 30.9 Å². The zero-order chi connectivity index (χ0) is 16.1. The number of benzene rings is 2. The molecule has 4 heteroatoms. The Bertz CT molecular complexity index is 651. The summed E-state index contributed by atoms with van der Waals surface area (Å²) in [4.78, 5) is 12.0. The average Bonchev–Trinajstić information content (AvgIpc) is 2.48. The maximum Gasteiger partial charge on any atom is 0.243 e. The second-order valence-electron chi connectivity index (χ2n) is 5.64. The van der Waals surface area contributed by atoms with Crippen LogP contribution in [0.5, 0.6) is 0 Å². The van der Waals surface area contributed by atoms with E-state index in [1.54, 1.807) is 0 Å². The fourth-order valence-electron chi connectivity index (χ4n) is 2.13. The van der Waals surface area contributed by atoms with Crippen LogP contribution in [0.15, 0.2) is 46.9 Å². The minimum atomic E-state index is -0.0571. The second kappa shape index (κ2) is 7.45. The molecule has 0 aliphatic heterocycles. The molecule has 0 atom stereocenters. The van der Waals surface area contributed by atoms with E-state index in [0.717, 1.165) is 21.4 Å². The monoisotopic (exact) mass is 360 g/mol. The summed E-state index contributed by atoms with van der Waals surface area (Å²) >= 11 is 3.41. The third-order valence-electron chi connectivity index (χ3n) is 3.49. The van der Waals surface area contributed by atoms with Gasteiger partial charge in [-0.15, -0.1) is 0 Å². The topological polar surface area (TPSA) is 41.1 Å². The molecule has 116 valence electrons. The highest BCUT2D eigenvalue weighted by Crippen LogP contribution is 2.20. The Morgan fingerprint density at radius 1 is 1.14 bits per heavy atom. The van der Waals surface area contributed by atoms with Crippen LogP contribution >= 0.6 is 15.9 Å². The zero-order valence-electron chi connectivity index (χ0n) is 13.1. The Hall–Kier alpha value is -1.81. The highest BCUT2D eigenvalue weighted by atomic mass is 79.9. The first-order valence-corrected chi connectivity index (χ1v) is 8.15. The molecule has 2 rings (SSSR count). The van der Waals surface area contributed by atoms with Gasteiger partial charge in [-0.25, -0.2) is 0 Å². The van der Waals surface area contributed by atoms with Crippen molar-refractivity contribution in [1.82, 2.24) is 0 Å². The molecule has 0 aromatic heterocycles. The van der Waals surface area contributed by atoms with E-state index in [9.17, 15) is 4.79 Å². The smallest absolute Gasteiger partial charge is 0.243 e. The van der Waals surface area contributed by atoms with Crippen molar-refractivity contribution in [3.05, 3.63) is 58.1 Å². The number of amides is 1. The minimum Gasteiger partial charge on any atom is -0.376 e. The predicted molar refractivity (Wildman–Crippen MR) is 96.5 cm³/mol. The quantitative estimate of drug-likeness (QED) is 0.793. The zero-order valence-corrected chi connectivity index (χ0v) is 14.7. The van der Waals surface area contributed by atoms with Gasteiger partial charge in [-0.05, 0) is 54.3 Å². The van der Waals surface area contributed by atoms with Crippen molar-refractivity contribution < 1.29 is 4.79 Å². The van der Waals surface area contributed by atoms with Gasteiger partial charge in [0, 0.05) is 15.8 Å². The molecule has 0 unspecified atom stereocenters. The van der Waals surface area contributed by atoms with Gasteiger partial charge in [0.1, 0.15) is 0 Å². The van der Waals surface area contributed by atoms with Gasteiger partial charge in [0.25, 0.3) is 0 Å². The van der Waals surface area contributed by atoms with E-state index in [4.69, 9.17) is 0 Å². The fourth-order valence-corrected chi connectivity index (χ4v) is 2.61. The molecule has 2 aromatic carbocycles. The molecule has 0 saturated heterocycles. The summed E-state index contributed by atoms with van der Waals surface area (Å²) in [5.41, 5.74) is 4.11. The number of hydrogen-bond acceptors (Lipinski definition) is 2. The van der Waals surface area contributed by atoms with Crippen molar-refractivity contribution in [3.63, 3.8) is 0 Å². The molecule has 0 fully saturated rings. The molecule has 22 heavy (non-hydrogen) atoms. The number of anilines is 2. The van der Waals surface area contributed by atoms with Crippen LogP contribution < -0.4 is 10.6 Å². The second-order valence-corrected chi connectivity index (χ2v) is 6.55. The molecule has 2 aromatic rings. The van der Waals surface area contributed by atoms with Crippen LogP contribution in [-0.2, 0) is 4.79 Å². The molecule has 0 aliphatic rings. The Morgan fingerprint density at radius 3 is 2.41 bits per heavy atom. The van der Waals surface area contributed by atoms with Crippen molar-refractivity contribution >= 4 is 33.2 Å². The van der Waals surface area contributed by atoms with Crippen LogP contribution in [0, 0.1) is 6.92 Å². The van der Waals surface area contributed by atoms with Crippen molar-refractivity contribution in [2.45, 2.75) is 26.7 Å². The molecular weight excluding hydrogens is 340 g/mol. The predicted octanol–water partition coefficient (Wildman–Crippen LogP) is 4.93. The Kier molecular flexibility index (Phi) is 5.61. The van der Waals surface area contributed by atoms with E-state index in [-0.39, 0.29) is 12.5 Å².